The van der Waals surface area contributed by atoms with Gasteiger partial charge in [-0.15, -0.1) is 13.2 Å². The first-order chi connectivity index (χ1) is 9.57. The average Bonchev–Trinajstić information content (AvgIpc) is 3.30. The Kier molecular flexibility index (Phi) is 28.7. The zero-order valence-corrected chi connectivity index (χ0v) is 15.0. The number of nitrogens with one attached hydrogen (secondary N) is 2. The summed E-state index contributed by atoms with van der Waals surface area (Å²) in [6.07, 6.45) is 10.3. The second-order valence-electron chi connectivity index (χ2n) is 5.05. The molecule has 1 aliphatic carbocycles. The molecule has 0 aliphatic heterocycles. The largest absolute Gasteiger partial charge is 0.320 e. The van der Waals surface area contributed by atoms with Gasteiger partial charge in [-0.05, 0) is 52.7 Å². The minimum absolute atomic E-state index is 0.699. The topological polar surface area (TPSA) is 24.1 Å². The number of unbranched alkanes of at least 4 members (excludes halogenated alkanes) is 1. The van der Waals surface area contributed by atoms with Gasteiger partial charge in [0, 0.05) is 6.04 Å². The van der Waals surface area contributed by atoms with Gasteiger partial charge in [0.05, 0.1) is 0 Å². The normalized spacial score (nSPS) is 13.3. The van der Waals surface area contributed by atoms with E-state index in [0.29, 0.717) is 5.92 Å². The van der Waals surface area contributed by atoms with Gasteiger partial charge in [-0.3, -0.25) is 0 Å². The molecule has 2 N–H and O–H groups in total. The summed E-state index contributed by atoms with van der Waals surface area (Å²) in [5.41, 5.74) is 0. The van der Waals surface area contributed by atoms with Gasteiger partial charge in [-0.25, -0.2) is 0 Å². The molecule has 0 aromatic rings. The zero-order chi connectivity index (χ0) is 16.2. The van der Waals surface area contributed by atoms with E-state index in [-0.39, 0.29) is 0 Å². The van der Waals surface area contributed by atoms with Gasteiger partial charge >= 0.3 is 0 Å². The first kappa shape index (κ1) is 24.4. The Morgan fingerprint density at radius 2 is 1.70 bits per heavy atom. The van der Waals surface area contributed by atoms with Gasteiger partial charge in [-0.1, -0.05) is 45.8 Å². The summed E-state index contributed by atoms with van der Waals surface area (Å²) in [6, 6.07) is 0.884. The second kappa shape index (κ2) is 23.5. The third-order valence-corrected chi connectivity index (χ3v) is 2.81. The second-order valence-corrected chi connectivity index (χ2v) is 5.05. The van der Waals surface area contributed by atoms with Crippen LogP contribution in [0.2, 0.25) is 0 Å². The quantitative estimate of drug-likeness (QED) is 0.541. The van der Waals surface area contributed by atoms with Crippen LogP contribution in [-0.4, -0.2) is 26.7 Å². The predicted molar refractivity (Wildman–Crippen MR) is 96.4 cm³/mol. The Hall–Kier alpha value is -0.600. The molecular weight excluding hydrogens is 244 g/mol. The summed E-state index contributed by atoms with van der Waals surface area (Å²) < 4.78 is 0. The Balaban J connectivity index is -0.000000198. The van der Waals surface area contributed by atoms with E-state index >= 15 is 0 Å². The number of hydrogen-bond donors (Lipinski definition) is 2. The van der Waals surface area contributed by atoms with Crippen LogP contribution in [0.15, 0.2) is 25.3 Å². The van der Waals surface area contributed by atoms with Crippen molar-refractivity contribution in [1.29, 1.82) is 0 Å². The molecule has 20 heavy (non-hydrogen) atoms. The van der Waals surface area contributed by atoms with Crippen LogP contribution in [0.3, 0.4) is 0 Å². The van der Waals surface area contributed by atoms with E-state index in [4.69, 9.17) is 0 Å². The highest BCUT2D eigenvalue weighted by Gasteiger charge is 2.17. The standard InChI is InChI=1S/C6H12.C5H13N.C4H9N.C3H6/c1-4-6(3)5-2;1-3-4-5-6-2;1-5-4-2-3-4;1-3-2/h4,6H,1,5H2,2-3H3;6H,3-5H2,1-2H3;4-5H,2-3H2,1H3;3H,1H2,2H3/t6-;;;/m1.../s1. The molecule has 0 saturated heterocycles. The van der Waals surface area contributed by atoms with Gasteiger partial charge in [-0.2, -0.15) is 0 Å². The highest BCUT2D eigenvalue weighted by Crippen LogP contribution is 2.16. The van der Waals surface area contributed by atoms with Gasteiger partial charge in [0.2, 0.25) is 0 Å². The van der Waals surface area contributed by atoms with Gasteiger partial charge in [0.25, 0.3) is 0 Å². The highest BCUT2D eigenvalue weighted by molar-refractivity contribution is 4.78. The van der Waals surface area contributed by atoms with Crippen LogP contribution < -0.4 is 10.6 Å². The molecule has 0 amide bonds. The predicted octanol–water partition coefficient (Wildman–Crippen LogP) is 4.78. The van der Waals surface area contributed by atoms with Crippen LogP contribution in [0.4, 0.5) is 0 Å². The summed E-state index contributed by atoms with van der Waals surface area (Å²) in [7, 11) is 3.99. The fourth-order valence-electron chi connectivity index (χ4n) is 0.892. The Morgan fingerprint density at radius 1 is 1.20 bits per heavy atom. The summed E-state index contributed by atoms with van der Waals surface area (Å²) in [4.78, 5) is 0. The molecule has 0 unspecified atom stereocenters. The van der Waals surface area contributed by atoms with E-state index in [1.807, 2.05) is 27.1 Å². The lowest BCUT2D eigenvalue weighted by Crippen LogP contribution is -2.06. The minimum atomic E-state index is 0.699. The molecule has 0 heterocycles. The van der Waals surface area contributed by atoms with Crippen molar-refractivity contribution in [3.63, 3.8) is 0 Å². The van der Waals surface area contributed by atoms with Crippen molar-refractivity contribution in [2.45, 2.75) is 65.8 Å². The fraction of sp³-hybridized carbons (Fsp3) is 0.778. The summed E-state index contributed by atoms with van der Waals surface area (Å²) in [6.45, 7) is 16.6. The number of hydrogen-bond acceptors (Lipinski definition) is 2. The van der Waals surface area contributed by atoms with E-state index in [0.717, 1.165) is 12.6 Å². The molecule has 122 valence electrons. The Morgan fingerprint density at radius 3 is 1.75 bits per heavy atom. The van der Waals surface area contributed by atoms with E-state index in [1.165, 1.54) is 32.1 Å². The van der Waals surface area contributed by atoms with E-state index in [1.54, 1.807) is 6.08 Å². The van der Waals surface area contributed by atoms with Crippen LogP contribution in [0.25, 0.3) is 0 Å². The van der Waals surface area contributed by atoms with E-state index in [9.17, 15) is 0 Å². The van der Waals surface area contributed by atoms with Crippen molar-refractivity contribution < 1.29 is 0 Å². The molecule has 0 aromatic carbocycles. The third kappa shape index (κ3) is 36.0. The Labute approximate surface area is 129 Å². The van der Waals surface area contributed by atoms with Crippen molar-refractivity contribution >= 4 is 0 Å². The van der Waals surface area contributed by atoms with Crippen LogP contribution in [0, 0.1) is 5.92 Å². The third-order valence-electron chi connectivity index (χ3n) is 2.81. The van der Waals surface area contributed by atoms with Gasteiger partial charge in [0.1, 0.15) is 0 Å². The van der Waals surface area contributed by atoms with Crippen molar-refractivity contribution in [2.75, 3.05) is 20.6 Å². The maximum absolute atomic E-state index is 3.63. The number of allylic oxidation sites excluding steroid dienone is 2. The van der Waals surface area contributed by atoms with Crippen LogP contribution in [0.1, 0.15) is 59.8 Å². The van der Waals surface area contributed by atoms with Crippen molar-refractivity contribution in [3.05, 3.63) is 25.3 Å². The van der Waals surface area contributed by atoms with E-state index < -0.39 is 0 Å². The van der Waals surface area contributed by atoms with Crippen molar-refractivity contribution in [1.82, 2.24) is 10.6 Å². The van der Waals surface area contributed by atoms with Gasteiger partial charge < -0.3 is 10.6 Å². The van der Waals surface area contributed by atoms with Crippen LogP contribution in [0.5, 0.6) is 0 Å². The maximum Gasteiger partial charge on any atom is 0.00652 e. The molecule has 1 fully saturated rings. The van der Waals surface area contributed by atoms with Crippen LogP contribution >= 0.6 is 0 Å². The summed E-state index contributed by atoms with van der Waals surface area (Å²) >= 11 is 0. The zero-order valence-electron chi connectivity index (χ0n) is 15.0. The van der Waals surface area contributed by atoms with Crippen molar-refractivity contribution in [2.24, 2.45) is 5.92 Å². The molecule has 1 atom stereocenters. The number of rotatable bonds is 6. The molecular formula is C18H40N2. The molecule has 0 spiro atoms. The SMILES string of the molecule is C=CC.C=C[C@@H](C)CC.CCCCNC.CNC1CC1. The summed E-state index contributed by atoms with van der Waals surface area (Å²) in [5.74, 6) is 0.699. The molecule has 2 heteroatoms. The fourth-order valence-corrected chi connectivity index (χ4v) is 0.892. The lowest BCUT2D eigenvalue weighted by molar-refractivity contribution is 0.700. The molecule has 0 radical (unpaired) electrons. The van der Waals surface area contributed by atoms with Gasteiger partial charge in [0.15, 0.2) is 0 Å². The maximum atomic E-state index is 3.63. The first-order valence-electron chi connectivity index (χ1n) is 8.09. The molecule has 0 bridgehead atoms. The molecule has 0 aromatic heterocycles. The average molecular weight is 285 g/mol. The molecule has 1 rings (SSSR count). The molecule has 1 aliphatic rings. The highest BCUT2D eigenvalue weighted by atomic mass is 14.9. The molecule has 1 saturated carbocycles. The lowest BCUT2D eigenvalue weighted by Gasteiger charge is -1.93. The lowest BCUT2D eigenvalue weighted by atomic mass is 10.1. The first-order valence-corrected chi connectivity index (χ1v) is 8.09. The minimum Gasteiger partial charge on any atom is -0.320 e. The smallest absolute Gasteiger partial charge is 0.00652 e. The monoisotopic (exact) mass is 284 g/mol. The van der Waals surface area contributed by atoms with Crippen molar-refractivity contribution in [3.8, 4) is 0 Å². The van der Waals surface area contributed by atoms with Crippen LogP contribution in [-0.2, 0) is 0 Å². The summed E-state index contributed by atoms with van der Waals surface area (Å²) in [5, 5.41) is 6.21. The molecule has 2 nitrogen and oxygen atoms in total. The Bertz CT molecular complexity index is 170. The van der Waals surface area contributed by atoms with E-state index in [2.05, 4.69) is 44.6 Å².